The molecule has 0 saturated carbocycles. The average Bonchev–Trinajstić information content (AvgIpc) is 3.24. The number of nitrogens with one attached hydrogen (secondary N) is 1. The Morgan fingerprint density at radius 3 is 2.95 bits per heavy atom. The van der Waals surface area contributed by atoms with Crippen molar-refractivity contribution in [3.63, 3.8) is 0 Å². The summed E-state index contributed by atoms with van der Waals surface area (Å²) in [4.78, 5) is 4.37. The summed E-state index contributed by atoms with van der Waals surface area (Å²) in [6.45, 7) is 0.360. The second kappa shape index (κ2) is 5.47. The van der Waals surface area contributed by atoms with Crippen molar-refractivity contribution in [2.24, 2.45) is 0 Å². The largest absolute Gasteiger partial charge is 0.485 e. The van der Waals surface area contributed by atoms with E-state index >= 15 is 0 Å². The number of aromatic amines is 1. The van der Waals surface area contributed by atoms with E-state index in [1.54, 1.807) is 6.20 Å². The fraction of sp³-hybridized carbons (Fsp3) is 0.286. The van der Waals surface area contributed by atoms with Crippen LogP contribution < -0.4 is 9.47 Å². The van der Waals surface area contributed by atoms with Crippen LogP contribution in [0.4, 0.5) is 0 Å². The summed E-state index contributed by atoms with van der Waals surface area (Å²) < 4.78 is 16.7. The van der Waals surface area contributed by atoms with Crippen molar-refractivity contribution in [2.75, 3.05) is 6.61 Å². The third-order valence-electron chi connectivity index (χ3n) is 3.34. The molecule has 1 aromatic carbocycles. The molecule has 0 bridgehead atoms. The minimum Gasteiger partial charge on any atom is -0.485 e. The van der Waals surface area contributed by atoms with Crippen LogP contribution in [0.2, 0.25) is 0 Å². The Morgan fingerprint density at radius 1 is 1.18 bits per heavy atom. The molecular formula is C14H13N5O3. The van der Waals surface area contributed by atoms with Gasteiger partial charge in [0.05, 0.1) is 11.9 Å². The number of rotatable bonds is 4. The second-order valence-corrected chi connectivity index (χ2v) is 4.87. The quantitative estimate of drug-likeness (QED) is 0.779. The van der Waals surface area contributed by atoms with Gasteiger partial charge in [-0.2, -0.15) is 20.4 Å². The van der Waals surface area contributed by atoms with Gasteiger partial charge in [0.1, 0.15) is 6.61 Å². The first-order chi connectivity index (χ1) is 10.9. The first-order valence-electron chi connectivity index (χ1n) is 6.94. The Labute approximate surface area is 125 Å². The summed E-state index contributed by atoms with van der Waals surface area (Å²) in [7, 11) is 0. The number of aryl methyl sites for hydroxylation is 2. The highest BCUT2D eigenvalue weighted by Crippen LogP contribution is 2.35. The highest BCUT2D eigenvalue weighted by Gasteiger charge is 2.26. The smallest absolute Gasteiger partial charge is 0.227 e. The van der Waals surface area contributed by atoms with Crippen LogP contribution in [0.3, 0.4) is 0 Å². The molecule has 0 saturated heterocycles. The Kier molecular flexibility index (Phi) is 3.19. The van der Waals surface area contributed by atoms with Gasteiger partial charge in [0.25, 0.3) is 0 Å². The molecule has 1 aliphatic heterocycles. The number of hydrogen-bond donors (Lipinski definition) is 1. The van der Waals surface area contributed by atoms with Crippen LogP contribution in [0.25, 0.3) is 0 Å². The lowest BCUT2D eigenvalue weighted by Crippen LogP contribution is -2.22. The third kappa shape index (κ3) is 2.50. The van der Waals surface area contributed by atoms with Crippen molar-refractivity contribution in [3.8, 4) is 11.5 Å². The zero-order valence-electron chi connectivity index (χ0n) is 11.6. The standard InChI is InChI=1S/C14H13N5O3/c1-2-4-11-10(3-1)20-8-12(21-11)14-16-13(22-18-14)6-5-9-7-15-19-17-9/h1-4,7,12H,5-6,8H2,(H,15,17,19). The fourth-order valence-corrected chi connectivity index (χ4v) is 2.23. The van der Waals surface area contributed by atoms with E-state index in [0.29, 0.717) is 36.9 Å². The lowest BCUT2D eigenvalue weighted by atomic mass is 10.2. The number of para-hydroxylation sites is 2. The molecule has 0 fully saturated rings. The molecule has 0 aliphatic carbocycles. The zero-order valence-corrected chi connectivity index (χ0v) is 11.6. The number of benzene rings is 1. The Morgan fingerprint density at radius 2 is 2.09 bits per heavy atom. The van der Waals surface area contributed by atoms with Crippen molar-refractivity contribution in [1.29, 1.82) is 0 Å². The lowest BCUT2D eigenvalue weighted by molar-refractivity contribution is 0.0832. The van der Waals surface area contributed by atoms with E-state index in [1.165, 1.54) is 0 Å². The molecule has 2 aromatic heterocycles. The number of H-pyrrole nitrogens is 1. The fourth-order valence-electron chi connectivity index (χ4n) is 2.23. The third-order valence-corrected chi connectivity index (χ3v) is 3.34. The number of fused-ring (bicyclic) bond motifs is 1. The molecule has 0 spiro atoms. The van der Waals surface area contributed by atoms with Crippen molar-refractivity contribution >= 4 is 0 Å². The van der Waals surface area contributed by atoms with E-state index in [1.807, 2.05) is 24.3 Å². The van der Waals surface area contributed by atoms with Gasteiger partial charge < -0.3 is 14.0 Å². The van der Waals surface area contributed by atoms with E-state index in [4.69, 9.17) is 14.0 Å². The molecule has 8 heteroatoms. The van der Waals surface area contributed by atoms with Gasteiger partial charge >= 0.3 is 0 Å². The van der Waals surface area contributed by atoms with Gasteiger partial charge in [0.15, 0.2) is 17.6 Å². The lowest BCUT2D eigenvalue weighted by Gasteiger charge is -2.24. The number of aromatic nitrogens is 5. The maximum atomic E-state index is 5.84. The Bertz CT molecular complexity index is 755. The molecule has 3 aromatic rings. The van der Waals surface area contributed by atoms with Crippen molar-refractivity contribution in [3.05, 3.63) is 47.9 Å². The second-order valence-electron chi connectivity index (χ2n) is 4.87. The van der Waals surface area contributed by atoms with Gasteiger partial charge in [-0.1, -0.05) is 17.3 Å². The van der Waals surface area contributed by atoms with Crippen molar-refractivity contribution in [1.82, 2.24) is 25.6 Å². The highest BCUT2D eigenvalue weighted by molar-refractivity contribution is 5.40. The van der Waals surface area contributed by atoms with E-state index < -0.39 is 0 Å². The molecular weight excluding hydrogens is 286 g/mol. The first kappa shape index (κ1) is 12.8. The van der Waals surface area contributed by atoms with Gasteiger partial charge in [-0.15, -0.1) is 0 Å². The molecule has 3 heterocycles. The molecule has 8 nitrogen and oxygen atoms in total. The SMILES string of the molecule is c1ccc2c(c1)OCC(c1noc(CCc3cn[nH]n3)n1)O2. The normalized spacial score (nSPS) is 16.6. The molecule has 1 atom stereocenters. The van der Waals surface area contributed by atoms with Crippen molar-refractivity contribution < 1.29 is 14.0 Å². The molecule has 1 N–H and O–H groups in total. The molecule has 112 valence electrons. The number of ether oxygens (including phenoxy) is 2. The van der Waals surface area contributed by atoms with Crippen LogP contribution in [0.15, 0.2) is 35.0 Å². The maximum absolute atomic E-state index is 5.84. The predicted molar refractivity (Wildman–Crippen MR) is 73.4 cm³/mol. The molecule has 22 heavy (non-hydrogen) atoms. The van der Waals surface area contributed by atoms with Gasteiger partial charge in [-0.3, -0.25) is 0 Å². The minimum atomic E-state index is -0.362. The van der Waals surface area contributed by atoms with Gasteiger partial charge in [0, 0.05) is 12.8 Å². The predicted octanol–water partition coefficient (Wildman–Crippen LogP) is 1.49. The van der Waals surface area contributed by atoms with Gasteiger partial charge in [-0.25, -0.2) is 0 Å². The Hall–Kier alpha value is -2.90. The summed E-state index contributed by atoms with van der Waals surface area (Å²) in [6, 6.07) is 7.52. The van der Waals surface area contributed by atoms with E-state index in [0.717, 1.165) is 11.4 Å². The van der Waals surface area contributed by atoms with Crippen LogP contribution in [0.5, 0.6) is 11.5 Å². The van der Waals surface area contributed by atoms with Crippen LogP contribution in [0, 0.1) is 0 Å². The van der Waals surface area contributed by atoms with Crippen LogP contribution in [-0.2, 0) is 12.8 Å². The first-order valence-corrected chi connectivity index (χ1v) is 6.94. The molecule has 0 amide bonds. The molecule has 1 unspecified atom stereocenters. The number of nitrogens with zero attached hydrogens (tertiary/aromatic N) is 4. The zero-order chi connectivity index (χ0) is 14.8. The summed E-state index contributed by atoms with van der Waals surface area (Å²) in [6.07, 6.45) is 2.60. The molecule has 0 radical (unpaired) electrons. The molecule has 4 rings (SSSR count). The summed E-state index contributed by atoms with van der Waals surface area (Å²) in [5, 5.41) is 14.3. The maximum Gasteiger partial charge on any atom is 0.227 e. The summed E-state index contributed by atoms with van der Waals surface area (Å²) in [5.74, 6) is 2.45. The van der Waals surface area contributed by atoms with Crippen LogP contribution in [-0.4, -0.2) is 32.2 Å². The molecule has 1 aliphatic rings. The monoisotopic (exact) mass is 299 g/mol. The van der Waals surface area contributed by atoms with E-state index in [9.17, 15) is 0 Å². The average molecular weight is 299 g/mol. The number of hydrogen-bond acceptors (Lipinski definition) is 7. The summed E-state index contributed by atoms with van der Waals surface area (Å²) >= 11 is 0. The minimum absolute atomic E-state index is 0.360. The topological polar surface area (TPSA) is 99.0 Å². The van der Waals surface area contributed by atoms with Crippen LogP contribution >= 0.6 is 0 Å². The van der Waals surface area contributed by atoms with Crippen molar-refractivity contribution in [2.45, 2.75) is 18.9 Å². The van der Waals surface area contributed by atoms with Crippen LogP contribution in [0.1, 0.15) is 23.5 Å². The van der Waals surface area contributed by atoms with Gasteiger partial charge in [0.2, 0.25) is 11.7 Å². The van der Waals surface area contributed by atoms with E-state index in [2.05, 4.69) is 25.6 Å². The highest BCUT2D eigenvalue weighted by atomic mass is 16.6. The van der Waals surface area contributed by atoms with E-state index in [-0.39, 0.29) is 6.10 Å². The van der Waals surface area contributed by atoms with Gasteiger partial charge in [-0.05, 0) is 12.1 Å². The Balaban J connectivity index is 1.44. The summed E-state index contributed by atoms with van der Waals surface area (Å²) in [5.41, 5.74) is 0.853.